The van der Waals surface area contributed by atoms with Crippen LogP contribution >= 0.6 is 11.6 Å². The minimum atomic E-state index is -4.71. The predicted octanol–water partition coefficient (Wildman–Crippen LogP) is 1.63. The third kappa shape index (κ3) is 5.22. The molecule has 10 heteroatoms. The lowest BCUT2D eigenvalue weighted by Gasteiger charge is -2.15. The molecule has 0 aliphatic heterocycles. The first kappa shape index (κ1) is 18.9. The van der Waals surface area contributed by atoms with Crippen molar-refractivity contribution in [1.29, 1.82) is 0 Å². The number of nitrogens with one attached hydrogen (secondary N) is 1. The van der Waals surface area contributed by atoms with Crippen molar-refractivity contribution in [1.82, 2.24) is 4.90 Å². The van der Waals surface area contributed by atoms with Crippen LogP contribution < -0.4 is 11.1 Å². The maximum absolute atomic E-state index is 12.7. The summed E-state index contributed by atoms with van der Waals surface area (Å²) in [6, 6.07) is 2.64. The maximum Gasteiger partial charge on any atom is 0.417 e. The van der Waals surface area contributed by atoms with E-state index in [-0.39, 0.29) is 31.6 Å². The van der Waals surface area contributed by atoms with Gasteiger partial charge >= 0.3 is 18.0 Å². The largest absolute Gasteiger partial charge is 0.417 e. The van der Waals surface area contributed by atoms with E-state index in [1.54, 1.807) is 0 Å². The lowest BCUT2D eigenvalue weighted by molar-refractivity contribution is -0.146. The molecule has 0 saturated carbocycles. The number of hydrogen-bond donors (Lipinski definition) is 2. The Kier molecular flexibility index (Phi) is 6.52. The molecule has 0 aliphatic carbocycles. The third-order valence-electron chi connectivity index (χ3n) is 2.72. The summed E-state index contributed by atoms with van der Waals surface area (Å²) in [6.45, 7) is 0.131. The van der Waals surface area contributed by atoms with Crippen LogP contribution in [-0.4, -0.2) is 36.2 Å². The van der Waals surface area contributed by atoms with E-state index in [1.165, 1.54) is 0 Å². The second-order valence-electron chi connectivity index (χ2n) is 4.39. The van der Waals surface area contributed by atoms with Gasteiger partial charge in [-0.1, -0.05) is 11.6 Å². The molecule has 0 spiro atoms. The molecule has 0 bridgehead atoms. The van der Waals surface area contributed by atoms with Crippen molar-refractivity contribution in [3.05, 3.63) is 28.8 Å². The molecule has 6 nitrogen and oxygen atoms in total. The Labute approximate surface area is 134 Å². The zero-order valence-electron chi connectivity index (χ0n) is 11.7. The fraction of sp³-hybridized carbons (Fsp3) is 0.308. The van der Waals surface area contributed by atoms with Gasteiger partial charge in [0.25, 0.3) is 0 Å². The van der Waals surface area contributed by atoms with Gasteiger partial charge in [-0.05, 0) is 31.2 Å². The maximum atomic E-state index is 12.7. The fourth-order valence-corrected chi connectivity index (χ4v) is 1.82. The fourth-order valence-electron chi connectivity index (χ4n) is 1.60. The summed E-state index contributed by atoms with van der Waals surface area (Å²) in [5.74, 6) is -2.44. The van der Waals surface area contributed by atoms with Gasteiger partial charge < -0.3 is 11.1 Å². The van der Waals surface area contributed by atoms with Gasteiger partial charge in [0, 0.05) is 12.2 Å². The number of benzene rings is 1. The van der Waals surface area contributed by atoms with Gasteiger partial charge in [-0.15, -0.1) is 0 Å². The Balaban J connectivity index is 2.89. The summed E-state index contributed by atoms with van der Waals surface area (Å²) in [5, 5.41) is 1.45. The van der Waals surface area contributed by atoms with Crippen LogP contribution in [0.2, 0.25) is 5.02 Å². The van der Waals surface area contributed by atoms with Crippen molar-refractivity contribution in [3.8, 4) is 0 Å². The van der Waals surface area contributed by atoms with Crippen LogP contribution in [0.15, 0.2) is 18.2 Å². The van der Waals surface area contributed by atoms with Crippen LogP contribution in [0.1, 0.15) is 12.0 Å². The van der Waals surface area contributed by atoms with E-state index in [4.69, 9.17) is 17.3 Å². The smallest absolute Gasteiger partial charge is 0.330 e. The lowest BCUT2D eigenvalue weighted by Crippen LogP contribution is -2.39. The summed E-state index contributed by atoms with van der Waals surface area (Å²) in [5.41, 5.74) is 3.80. The van der Waals surface area contributed by atoms with Gasteiger partial charge in [0.1, 0.15) is 0 Å². The highest BCUT2D eigenvalue weighted by Crippen LogP contribution is 2.36. The number of carbonyl (C=O) groups excluding carboxylic acids is 3. The molecule has 0 aromatic heterocycles. The average molecular weight is 352 g/mol. The molecule has 23 heavy (non-hydrogen) atoms. The number of anilines is 1. The first-order valence-electron chi connectivity index (χ1n) is 6.34. The van der Waals surface area contributed by atoms with Gasteiger partial charge in [0.15, 0.2) is 0 Å². The SMILES string of the molecule is NCCCN(C=O)C(=O)C(=O)Nc1ccc(Cl)c(C(F)(F)F)c1. The molecular formula is C13H13ClF3N3O3. The number of nitrogens with zero attached hydrogens (tertiary/aromatic N) is 1. The second-order valence-corrected chi connectivity index (χ2v) is 4.80. The normalized spacial score (nSPS) is 11.0. The third-order valence-corrected chi connectivity index (χ3v) is 3.04. The van der Waals surface area contributed by atoms with Crippen LogP contribution in [0.3, 0.4) is 0 Å². The number of hydrogen-bond acceptors (Lipinski definition) is 4. The standard InChI is InChI=1S/C13H13ClF3N3O3/c14-10-3-2-8(6-9(10)13(15,16)17)19-11(22)12(23)20(7-21)5-1-4-18/h2-3,6-7H,1,4-5,18H2,(H,19,22). The van der Waals surface area contributed by atoms with Crippen LogP contribution in [0, 0.1) is 0 Å². The molecule has 0 fully saturated rings. The number of alkyl halides is 3. The molecule has 0 heterocycles. The van der Waals surface area contributed by atoms with Gasteiger partial charge in [-0.2, -0.15) is 13.2 Å². The van der Waals surface area contributed by atoms with E-state index in [0.29, 0.717) is 11.0 Å². The highest BCUT2D eigenvalue weighted by atomic mass is 35.5. The van der Waals surface area contributed by atoms with Gasteiger partial charge in [-0.25, -0.2) is 0 Å². The topological polar surface area (TPSA) is 92.5 Å². The molecule has 3 N–H and O–H groups in total. The van der Waals surface area contributed by atoms with Crippen LogP contribution in [-0.2, 0) is 20.6 Å². The molecule has 1 aromatic rings. The first-order valence-corrected chi connectivity index (χ1v) is 6.72. The van der Waals surface area contributed by atoms with E-state index < -0.39 is 28.6 Å². The van der Waals surface area contributed by atoms with Crippen LogP contribution in [0.4, 0.5) is 18.9 Å². The molecule has 0 atom stereocenters. The summed E-state index contributed by atoms with van der Waals surface area (Å²) in [7, 11) is 0. The quantitative estimate of drug-likeness (QED) is 0.623. The van der Waals surface area contributed by atoms with E-state index in [9.17, 15) is 27.6 Å². The zero-order valence-corrected chi connectivity index (χ0v) is 12.4. The lowest BCUT2D eigenvalue weighted by atomic mass is 10.2. The molecule has 0 saturated heterocycles. The molecule has 1 aromatic carbocycles. The molecule has 0 radical (unpaired) electrons. The number of imide groups is 1. The molecule has 126 valence electrons. The van der Waals surface area contributed by atoms with Crippen LogP contribution in [0.25, 0.3) is 0 Å². The van der Waals surface area contributed by atoms with Crippen molar-refractivity contribution >= 4 is 35.5 Å². The molecule has 3 amide bonds. The van der Waals surface area contributed by atoms with Crippen LogP contribution in [0.5, 0.6) is 0 Å². The Morgan fingerprint density at radius 3 is 2.52 bits per heavy atom. The Bertz CT molecular complexity index is 608. The van der Waals surface area contributed by atoms with Gasteiger partial charge in [0.2, 0.25) is 6.41 Å². The van der Waals surface area contributed by atoms with E-state index >= 15 is 0 Å². The molecule has 0 aliphatic rings. The number of nitrogens with two attached hydrogens (primary N) is 1. The summed E-state index contributed by atoms with van der Waals surface area (Å²) in [4.78, 5) is 34.8. The number of amides is 3. The zero-order chi connectivity index (χ0) is 17.6. The van der Waals surface area contributed by atoms with Crippen molar-refractivity contribution < 1.29 is 27.6 Å². The monoisotopic (exact) mass is 351 g/mol. The summed E-state index contributed by atoms with van der Waals surface area (Å²) < 4.78 is 38.1. The van der Waals surface area contributed by atoms with Crippen molar-refractivity contribution in [2.45, 2.75) is 12.6 Å². The highest BCUT2D eigenvalue weighted by molar-refractivity contribution is 6.41. The van der Waals surface area contributed by atoms with Crippen molar-refractivity contribution in [3.63, 3.8) is 0 Å². The van der Waals surface area contributed by atoms with Gasteiger partial charge in [-0.3, -0.25) is 19.3 Å². The van der Waals surface area contributed by atoms with Crippen molar-refractivity contribution in [2.24, 2.45) is 5.73 Å². The molecule has 0 unspecified atom stereocenters. The van der Waals surface area contributed by atoms with Gasteiger partial charge in [0.05, 0.1) is 10.6 Å². The Morgan fingerprint density at radius 1 is 1.35 bits per heavy atom. The summed E-state index contributed by atoms with van der Waals surface area (Å²) in [6.07, 6.45) is -4.27. The average Bonchev–Trinajstić information content (AvgIpc) is 2.48. The summed E-state index contributed by atoms with van der Waals surface area (Å²) >= 11 is 5.44. The van der Waals surface area contributed by atoms with Crippen molar-refractivity contribution in [2.75, 3.05) is 18.4 Å². The minimum absolute atomic E-state index is 0.0688. The van der Waals surface area contributed by atoms with E-state index in [2.05, 4.69) is 0 Å². The number of carbonyl (C=O) groups is 3. The molecular weight excluding hydrogens is 339 g/mol. The predicted molar refractivity (Wildman–Crippen MR) is 76.5 cm³/mol. The Hall–Kier alpha value is -2.13. The molecule has 1 rings (SSSR count). The van der Waals surface area contributed by atoms with E-state index in [0.717, 1.165) is 12.1 Å². The second kappa shape index (κ2) is 7.93. The first-order chi connectivity index (χ1) is 10.7. The van der Waals surface area contributed by atoms with E-state index in [1.807, 2.05) is 5.32 Å². The number of rotatable bonds is 5. The number of halogens is 4. The minimum Gasteiger partial charge on any atom is -0.330 e. The highest BCUT2D eigenvalue weighted by Gasteiger charge is 2.33. The Morgan fingerprint density at radius 2 is 2.00 bits per heavy atom.